The first-order valence-corrected chi connectivity index (χ1v) is 6.53. The van der Waals surface area contributed by atoms with Crippen LogP contribution in [0.1, 0.15) is 31.5 Å². The topological polar surface area (TPSA) is 50.9 Å². The van der Waals surface area contributed by atoms with E-state index in [0.29, 0.717) is 17.7 Å². The van der Waals surface area contributed by atoms with Crippen LogP contribution < -0.4 is 0 Å². The van der Waals surface area contributed by atoms with Crippen molar-refractivity contribution in [2.24, 2.45) is 0 Å². The highest BCUT2D eigenvalue weighted by Gasteiger charge is 2.33. The lowest BCUT2D eigenvalue weighted by Crippen LogP contribution is -2.32. The number of hydrogen-bond donors (Lipinski definition) is 1. The van der Waals surface area contributed by atoms with Gasteiger partial charge in [-0.1, -0.05) is 12.1 Å². The predicted octanol–water partition coefficient (Wildman–Crippen LogP) is 1.27. The van der Waals surface area contributed by atoms with Gasteiger partial charge in [-0.3, -0.25) is 0 Å². The van der Waals surface area contributed by atoms with Crippen LogP contribution in [0.4, 0.5) is 0 Å². The lowest BCUT2D eigenvalue weighted by Gasteiger charge is -2.35. The number of nitrogens with zero attached hydrogens (tertiary/aromatic N) is 3. The molecule has 1 saturated carbocycles. The van der Waals surface area contributed by atoms with Crippen molar-refractivity contribution >= 4 is 11.8 Å². The number of aromatic nitrogens is 3. The fourth-order valence-electron chi connectivity index (χ4n) is 1.87. The molecule has 0 bridgehead atoms. The Hall–Kier alpha value is -0.550. The third-order valence-electron chi connectivity index (χ3n) is 2.82. The molecule has 1 N–H and O–H groups in total. The van der Waals surface area contributed by atoms with Crippen molar-refractivity contribution in [1.82, 2.24) is 15.0 Å². The van der Waals surface area contributed by atoms with E-state index >= 15 is 0 Å². The zero-order valence-electron chi connectivity index (χ0n) is 8.96. The zero-order chi connectivity index (χ0) is 10.7. The van der Waals surface area contributed by atoms with E-state index in [2.05, 4.69) is 17.2 Å². The normalized spacial score (nSPS) is 25.2. The lowest BCUT2D eigenvalue weighted by molar-refractivity contribution is 0.296. The smallest absolute Gasteiger partial charge is 0.0850 e. The summed E-state index contributed by atoms with van der Waals surface area (Å²) in [7, 11) is 0. The average molecular weight is 227 g/mol. The minimum absolute atomic E-state index is 0.149. The van der Waals surface area contributed by atoms with Crippen molar-refractivity contribution in [1.29, 1.82) is 0 Å². The van der Waals surface area contributed by atoms with Crippen molar-refractivity contribution < 1.29 is 5.11 Å². The number of aliphatic hydroxyl groups is 1. The Bertz CT molecular complexity index is 315. The van der Waals surface area contributed by atoms with Crippen LogP contribution in [0.25, 0.3) is 0 Å². The van der Waals surface area contributed by atoms with E-state index in [1.807, 2.05) is 22.6 Å². The maximum Gasteiger partial charge on any atom is 0.0850 e. The molecule has 2 atom stereocenters. The highest BCUT2D eigenvalue weighted by atomic mass is 32.2. The summed E-state index contributed by atoms with van der Waals surface area (Å²) in [6.07, 6.45) is 5.08. The highest BCUT2D eigenvalue weighted by Crippen LogP contribution is 2.40. The first kappa shape index (κ1) is 11.0. The second-order valence-electron chi connectivity index (χ2n) is 3.80. The van der Waals surface area contributed by atoms with Crippen LogP contribution in [0.2, 0.25) is 0 Å². The van der Waals surface area contributed by atoms with Crippen LogP contribution in [0.3, 0.4) is 0 Å². The van der Waals surface area contributed by atoms with Crippen LogP contribution in [0, 0.1) is 0 Å². The minimum atomic E-state index is 0.149. The molecular formula is C10H17N3OS. The summed E-state index contributed by atoms with van der Waals surface area (Å²) in [6.45, 7) is 2.34. The Morgan fingerprint density at radius 2 is 2.47 bits per heavy atom. The van der Waals surface area contributed by atoms with Crippen molar-refractivity contribution in [2.75, 3.05) is 12.4 Å². The molecule has 0 radical (unpaired) electrons. The number of rotatable bonds is 5. The van der Waals surface area contributed by atoms with Gasteiger partial charge in [-0.15, -0.1) is 5.10 Å². The molecular weight excluding hydrogens is 210 g/mol. The second-order valence-corrected chi connectivity index (χ2v) is 5.32. The lowest BCUT2D eigenvalue weighted by atomic mass is 9.92. The van der Waals surface area contributed by atoms with Gasteiger partial charge in [-0.05, 0) is 18.6 Å². The third kappa shape index (κ3) is 2.34. The molecule has 1 fully saturated rings. The fourth-order valence-corrected chi connectivity index (χ4v) is 3.08. The van der Waals surface area contributed by atoms with Crippen LogP contribution in [-0.2, 0) is 6.42 Å². The van der Waals surface area contributed by atoms with Gasteiger partial charge in [-0.25, -0.2) is 4.68 Å². The van der Waals surface area contributed by atoms with Gasteiger partial charge >= 0.3 is 0 Å². The molecule has 1 heterocycles. The predicted molar refractivity (Wildman–Crippen MR) is 61.0 cm³/mol. The van der Waals surface area contributed by atoms with Gasteiger partial charge in [0, 0.05) is 24.5 Å². The second kappa shape index (κ2) is 4.99. The van der Waals surface area contributed by atoms with Crippen molar-refractivity contribution in [3.8, 4) is 0 Å². The quantitative estimate of drug-likeness (QED) is 0.823. The molecule has 1 aliphatic carbocycles. The van der Waals surface area contributed by atoms with Crippen molar-refractivity contribution in [3.63, 3.8) is 0 Å². The summed E-state index contributed by atoms with van der Waals surface area (Å²) in [5.74, 6) is 1.17. The summed E-state index contributed by atoms with van der Waals surface area (Å²) >= 11 is 2.01. The highest BCUT2D eigenvalue weighted by molar-refractivity contribution is 7.99. The molecule has 0 saturated heterocycles. The van der Waals surface area contributed by atoms with E-state index in [0.717, 1.165) is 5.69 Å². The van der Waals surface area contributed by atoms with Crippen LogP contribution in [-0.4, -0.2) is 37.7 Å². The molecule has 2 rings (SSSR count). The Morgan fingerprint density at radius 3 is 3.07 bits per heavy atom. The first-order valence-electron chi connectivity index (χ1n) is 5.48. The molecule has 2 unspecified atom stereocenters. The summed E-state index contributed by atoms with van der Waals surface area (Å²) in [6, 6.07) is 0.523. The molecule has 0 spiro atoms. The van der Waals surface area contributed by atoms with E-state index in [1.54, 1.807) is 0 Å². The van der Waals surface area contributed by atoms with Gasteiger partial charge in [0.05, 0.1) is 11.7 Å². The molecule has 0 aliphatic heterocycles. The molecule has 1 aromatic rings. The van der Waals surface area contributed by atoms with E-state index in [9.17, 15) is 0 Å². The Labute approximate surface area is 94.1 Å². The van der Waals surface area contributed by atoms with E-state index in [4.69, 9.17) is 5.11 Å². The molecule has 5 heteroatoms. The summed E-state index contributed by atoms with van der Waals surface area (Å²) < 4.78 is 1.97. The van der Waals surface area contributed by atoms with E-state index in [1.165, 1.54) is 18.6 Å². The molecule has 1 aliphatic rings. The average Bonchev–Trinajstić information content (AvgIpc) is 2.61. The largest absolute Gasteiger partial charge is 0.396 e. The summed E-state index contributed by atoms with van der Waals surface area (Å²) in [5, 5.41) is 17.7. The standard InChI is InChI=1S/C10H17N3OS/c1-2-15-10-4-3-9(10)13-7-8(5-6-14)11-12-13/h7,9-10,14H,2-6H2,1H3. The maximum absolute atomic E-state index is 8.79. The van der Waals surface area contributed by atoms with Gasteiger partial charge in [-0.2, -0.15) is 11.8 Å². The van der Waals surface area contributed by atoms with Gasteiger partial charge < -0.3 is 5.11 Å². The first-order chi connectivity index (χ1) is 7.35. The van der Waals surface area contributed by atoms with Crippen molar-refractivity contribution in [2.45, 2.75) is 37.5 Å². The fraction of sp³-hybridized carbons (Fsp3) is 0.800. The van der Waals surface area contributed by atoms with Crippen LogP contribution in [0.5, 0.6) is 0 Å². The third-order valence-corrected chi connectivity index (χ3v) is 4.13. The molecule has 15 heavy (non-hydrogen) atoms. The Morgan fingerprint density at radius 1 is 1.60 bits per heavy atom. The van der Waals surface area contributed by atoms with Gasteiger partial charge in [0.25, 0.3) is 0 Å². The van der Waals surface area contributed by atoms with Crippen LogP contribution >= 0.6 is 11.8 Å². The number of aliphatic hydroxyl groups excluding tert-OH is 1. The van der Waals surface area contributed by atoms with Crippen molar-refractivity contribution in [3.05, 3.63) is 11.9 Å². The molecule has 84 valence electrons. The minimum Gasteiger partial charge on any atom is -0.396 e. The Balaban J connectivity index is 1.97. The molecule has 4 nitrogen and oxygen atoms in total. The number of thioether (sulfide) groups is 1. The molecule has 0 amide bonds. The van der Waals surface area contributed by atoms with Gasteiger partial charge in [0.15, 0.2) is 0 Å². The Kier molecular flexibility index (Phi) is 3.64. The summed E-state index contributed by atoms with van der Waals surface area (Å²) in [4.78, 5) is 0. The SMILES string of the molecule is CCSC1CCC1n1cc(CCO)nn1. The monoisotopic (exact) mass is 227 g/mol. The van der Waals surface area contributed by atoms with E-state index in [-0.39, 0.29) is 6.61 Å². The summed E-state index contributed by atoms with van der Waals surface area (Å²) in [5.41, 5.74) is 0.893. The van der Waals surface area contributed by atoms with Gasteiger partial charge in [0.2, 0.25) is 0 Å². The molecule has 1 aromatic heterocycles. The maximum atomic E-state index is 8.79. The number of hydrogen-bond acceptors (Lipinski definition) is 4. The molecule has 0 aromatic carbocycles. The van der Waals surface area contributed by atoms with Crippen LogP contribution in [0.15, 0.2) is 6.20 Å². The van der Waals surface area contributed by atoms with E-state index < -0.39 is 0 Å². The van der Waals surface area contributed by atoms with Gasteiger partial charge in [0.1, 0.15) is 0 Å². The zero-order valence-corrected chi connectivity index (χ0v) is 9.78.